The fourth-order valence-electron chi connectivity index (χ4n) is 4.17. The Hall–Kier alpha value is -0.860. The molecule has 1 aromatic rings. The van der Waals surface area contributed by atoms with Crippen LogP contribution >= 0.6 is 0 Å². The molecule has 2 heteroatoms. The molecule has 3 unspecified atom stereocenters. The van der Waals surface area contributed by atoms with Crippen molar-refractivity contribution in [2.45, 2.75) is 63.5 Å². The van der Waals surface area contributed by atoms with Gasteiger partial charge in [-0.2, -0.15) is 0 Å². The van der Waals surface area contributed by atoms with Crippen LogP contribution in [0.5, 0.6) is 0 Å². The molecule has 0 bridgehead atoms. The summed E-state index contributed by atoms with van der Waals surface area (Å²) in [6, 6.07) is 9.85. The molecule has 1 saturated heterocycles. The van der Waals surface area contributed by atoms with E-state index < -0.39 is 0 Å². The van der Waals surface area contributed by atoms with Gasteiger partial charge in [0.1, 0.15) is 0 Å². The zero-order valence-electron chi connectivity index (χ0n) is 13.5. The van der Waals surface area contributed by atoms with E-state index in [9.17, 15) is 0 Å². The molecule has 1 heterocycles. The Morgan fingerprint density at radius 1 is 1.10 bits per heavy atom. The number of hydrogen-bond acceptors (Lipinski definition) is 2. The average molecular weight is 287 g/mol. The van der Waals surface area contributed by atoms with Crippen LogP contribution in [0.4, 0.5) is 0 Å². The highest BCUT2D eigenvalue weighted by molar-refractivity contribution is 5.28. The van der Waals surface area contributed by atoms with Crippen LogP contribution in [0.3, 0.4) is 0 Å². The molecule has 2 nitrogen and oxygen atoms in total. The van der Waals surface area contributed by atoms with Crippen LogP contribution in [0, 0.1) is 5.92 Å². The molecule has 0 amide bonds. The van der Waals surface area contributed by atoms with Gasteiger partial charge in [-0.3, -0.25) is 0 Å². The Morgan fingerprint density at radius 2 is 1.81 bits per heavy atom. The van der Waals surface area contributed by atoms with Crippen LogP contribution in [0.1, 0.15) is 68.5 Å². The van der Waals surface area contributed by atoms with Gasteiger partial charge in [0.05, 0.1) is 12.7 Å². The molecule has 2 aliphatic rings. The summed E-state index contributed by atoms with van der Waals surface area (Å²) in [6.07, 6.45) is 8.57. The summed E-state index contributed by atoms with van der Waals surface area (Å²) in [5, 5.41) is 3.50. The van der Waals surface area contributed by atoms with Crippen molar-refractivity contribution < 1.29 is 4.74 Å². The maximum atomic E-state index is 5.75. The van der Waals surface area contributed by atoms with Gasteiger partial charge in [0, 0.05) is 12.0 Å². The van der Waals surface area contributed by atoms with Gasteiger partial charge in [0.25, 0.3) is 0 Å². The van der Waals surface area contributed by atoms with Gasteiger partial charge in [0.15, 0.2) is 0 Å². The standard InChI is InChI=1S/C19H29NO/c1-14-12-18(13-21-14)19(20-2)17-10-8-16(9-11-17)15-6-4-3-5-7-15/h8-11,14-15,18-20H,3-7,12-13H2,1-2H3. The van der Waals surface area contributed by atoms with Gasteiger partial charge in [-0.05, 0) is 50.3 Å². The monoisotopic (exact) mass is 287 g/mol. The van der Waals surface area contributed by atoms with E-state index in [1.54, 1.807) is 5.56 Å². The van der Waals surface area contributed by atoms with Gasteiger partial charge in [0.2, 0.25) is 0 Å². The summed E-state index contributed by atoms with van der Waals surface area (Å²) in [5.41, 5.74) is 2.96. The van der Waals surface area contributed by atoms with Crippen molar-refractivity contribution in [3.8, 4) is 0 Å². The molecule has 0 radical (unpaired) electrons. The molecule has 1 aliphatic heterocycles. The summed E-state index contributed by atoms with van der Waals surface area (Å²) < 4.78 is 5.75. The molecule has 3 rings (SSSR count). The van der Waals surface area contributed by atoms with Crippen LogP contribution < -0.4 is 5.32 Å². The summed E-state index contributed by atoms with van der Waals surface area (Å²) in [5.74, 6) is 1.40. The number of nitrogens with one attached hydrogen (secondary N) is 1. The minimum absolute atomic E-state index is 0.410. The number of hydrogen-bond donors (Lipinski definition) is 1. The van der Waals surface area contributed by atoms with Gasteiger partial charge < -0.3 is 10.1 Å². The largest absolute Gasteiger partial charge is 0.378 e. The summed E-state index contributed by atoms with van der Waals surface area (Å²) in [6.45, 7) is 3.07. The molecule has 0 spiro atoms. The third-order valence-corrected chi connectivity index (χ3v) is 5.38. The second kappa shape index (κ2) is 6.93. The fraction of sp³-hybridized carbons (Fsp3) is 0.684. The highest BCUT2D eigenvalue weighted by Crippen LogP contribution is 2.35. The van der Waals surface area contributed by atoms with Crippen molar-refractivity contribution in [2.75, 3.05) is 13.7 Å². The predicted octanol–water partition coefficient (Wildman–Crippen LogP) is 4.42. The minimum Gasteiger partial charge on any atom is -0.378 e. The normalized spacial score (nSPS) is 28.7. The summed E-state index contributed by atoms with van der Waals surface area (Å²) in [7, 11) is 2.07. The molecule has 1 aliphatic carbocycles. The van der Waals surface area contributed by atoms with E-state index in [2.05, 4.69) is 43.6 Å². The number of benzene rings is 1. The Morgan fingerprint density at radius 3 is 2.38 bits per heavy atom. The molecular formula is C19H29NO. The van der Waals surface area contributed by atoms with Crippen molar-refractivity contribution in [3.05, 3.63) is 35.4 Å². The van der Waals surface area contributed by atoms with E-state index >= 15 is 0 Å². The SMILES string of the molecule is CNC(c1ccc(C2CCCCC2)cc1)C1COC(C)C1. The first kappa shape index (κ1) is 15.1. The highest BCUT2D eigenvalue weighted by atomic mass is 16.5. The van der Waals surface area contributed by atoms with Gasteiger partial charge >= 0.3 is 0 Å². The van der Waals surface area contributed by atoms with Crippen LogP contribution in [-0.4, -0.2) is 19.8 Å². The van der Waals surface area contributed by atoms with E-state index in [4.69, 9.17) is 4.74 Å². The lowest BCUT2D eigenvalue weighted by Crippen LogP contribution is -2.25. The fourth-order valence-corrected chi connectivity index (χ4v) is 4.17. The molecule has 21 heavy (non-hydrogen) atoms. The molecule has 0 aromatic heterocycles. The van der Waals surface area contributed by atoms with E-state index in [1.165, 1.54) is 37.7 Å². The second-order valence-corrected chi connectivity index (χ2v) is 6.91. The first-order chi connectivity index (χ1) is 10.3. The summed E-state index contributed by atoms with van der Waals surface area (Å²) >= 11 is 0. The smallest absolute Gasteiger partial charge is 0.0551 e. The quantitative estimate of drug-likeness (QED) is 0.885. The first-order valence-electron chi connectivity index (χ1n) is 8.66. The molecular weight excluding hydrogens is 258 g/mol. The molecule has 1 aromatic carbocycles. The van der Waals surface area contributed by atoms with Crippen LogP contribution in [-0.2, 0) is 4.74 Å². The number of ether oxygens (including phenoxy) is 1. The predicted molar refractivity (Wildman–Crippen MR) is 87.6 cm³/mol. The van der Waals surface area contributed by atoms with E-state index in [-0.39, 0.29) is 0 Å². The first-order valence-corrected chi connectivity index (χ1v) is 8.66. The Labute approximate surface area is 129 Å². The highest BCUT2D eigenvalue weighted by Gasteiger charge is 2.29. The third kappa shape index (κ3) is 3.49. The van der Waals surface area contributed by atoms with Gasteiger partial charge in [-0.1, -0.05) is 43.5 Å². The lowest BCUT2D eigenvalue weighted by molar-refractivity contribution is 0.117. The average Bonchev–Trinajstić information content (AvgIpc) is 2.96. The lowest BCUT2D eigenvalue weighted by Gasteiger charge is -2.25. The Kier molecular flexibility index (Phi) is 4.97. The van der Waals surface area contributed by atoms with Crippen LogP contribution in [0.15, 0.2) is 24.3 Å². The lowest BCUT2D eigenvalue weighted by atomic mass is 9.83. The maximum absolute atomic E-state index is 5.75. The van der Waals surface area contributed by atoms with E-state index in [0.717, 1.165) is 18.9 Å². The third-order valence-electron chi connectivity index (χ3n) is 5.38. The zero-order valence-corrected chi connectivity index (χ0v) is 13.5. The molecule has 116 valence electrons. The molecule has 3 atom stereocenters. The van der Waals surface area contributed by atoms with E-state index in [1.807, 2.05) is 0 Å². The second-order valence-electron chi connectivity index (χ2n) is 6.91. The summed E-state index contributed by atoms with van der Waals surface area (Å²) in [4.78, 5) is 0. The van der Waals surface area contributed by atoms with Crippen LogP contribution in [0.2, 0.25) is 0 Å². The topological polar surface area (TPSA) is 21.3 Å². The van der Waals surface area contributed by atoms with Gasteiger partial charge in [-0.15, -0.1) is 0 Å². The van der Waals surface area contributed by atoms with Gasteiger partial charge in [-0.25, -0.2) is 0 Å². The van der Waals surface area contributed by atoms with Crippen molar-refractivity contribution in [2.24, 2.45) is 5.92 Å². The van der Waals surface area contributed by atoms with Crippen LogP contribution in [0.25, 0.3) is 0 Å². The van der Waals surface area contributed by atoms with Crippen molar-refractivity contribution >= 4 is 0 Å². The van der Waals surface area contributed by atoms with E-state index in [0.29, 0.717) is 18.1 Å². The zero-order chi connectivity index (χ0) is 14.7. The maximum Gasteiger partial charge on any atom is 0.0551 e. The molecule has 2 fully saturated rings. The Bertz CT molecular complexity index is 435. The van der Waals surface area contributed by atoms with Crippen molar-refractivity contribution in [1.29, 1.82) is 0 Å². The molecule has 1 saturated carbocycles. The van der Waals surface area contributed by atoms with Crippen molar-refractivity contribution in [3.63, 3.8) is 0 Å². The molecule has 1 N–H and O–H groups in total. The minimum atomic E-state index is 0.410. The Balaban J connectivity index is 1.69. The van der Waals surface area contributed by atoms with Crippen molar-refractivity contribution in [1.82, 2.24) is 5.32 Å². The number of rotatable bonds is 4.